The number of amides is 1. The summed E-state index contributed by atoms with van der Waals surface area (Å²) in [7, 11) is 0. The van der Waals surface area contributed by atoms with Gasteiger partial charge in [0.05, 0.1) is 12.1 Å². The number of benzene rings is 2. The zero-order chi connectivity index (χ0) is 19.8. The average molecular weight is 395 g/mol. The monoisotopic (exact) mass is 394 g/mol. The Morgan fingerprint density at radius 2 is 1.68 bits per heavy atom. The van der Waals surface area contributed by atoms with E-state index in [-0.39, 0.29) is 11.5 Å². The Hall–Kier alpha value is -2.85. The minimum atomic E-state index is -0.174. The molecule has 0 atom stereocenters. The van der Waals surface area contributed by atoms with Crippen molar-refractivity contribution in [2.45, 2.75) is 25.8 Å². The Morgan fingerprint density at radius 1 is 0.929 bits per heavy atom. The molecule has 0 spiro atoms. The number of rotatable bonds is 8. The molecule has 28 heavy (non-hydrogen) atoms. The third-order valence-electron chi connectivity index (χ3n) is 4.56. The molecule has 0 radical (unpaired) electrons. The van der Waals surface area contributed by atoms with Gasteiger partial charge in [-0.05, 0) is 42.5 Å². The fraction of sp³-hybridized carbons (Fsp3) is 0.217. The van der Waals surface area contributed by atoms with E-state index in [1.54, 1.807) is 18.3 Å². The molecule has 0 aliphatic carbocycles. The van der Waals surface area contributed by atoms with Crippen molar-refractivity contribution in [1.82, 2.24) is 9.88 Å². The van der Waals surface area contributed by atoms with Gasteiger partial charge in [0.25, 0.3) is 11.5 Å². The number of pyridine rings is 1. The Kier molecular flexibility index (Phi) is 7.04. The van der Waals surface area contributed by atoms with Gasteiger partial charge in [-0.1, -0.05) is 60.1 Å². The molecule has 1 N–H and O–H groups in total. The molecule has 1 heterocycles. The molecule has 0 aliphatic rings. The largest absolute Gasteiger partial charge is 0.352 e. The van der Waals surface area contributed by atoms with Gasteiger partial charge in [0.1, 0.15) is 0 Å². The molecule has 2 aromatic carbocycles. The van der Waals surface area contributed by atoms with Crippen LogP contribution < -0.4 is 10.9 Å². The third-order valence-corrected chi connectivity index (χ3v) is 4.93. The van der Waals surface area contributed by atoms with Crippen molar-refractivity contribution in [3.05, 3.63) is 105 Å². The lowest BCUT2D eigenvalue weighted by Crippen LogP contribution is -2.27. The number of halogens is 1. The molecule has 1 amide bonds. The van der Waals surface area contributed by atoms with Gasteiger partial charge in [-0.25, -0.2) is 0 Å². The van der Waals surface area contributed by atoms with Crippen LogP contribution in [0.4, 0.5) is 0 Å². The highest BCUT2D eigenvalue weighted by Gasteiger charge is 2.08. The van der Waals surface area contributed by atoms with Gasteiger partial charge in [0.2, 0.25) is 0 Å². The maximum atomic E-state index is 12.4. The molecular weight excluding hydrogens is 372 g/mol. The van der Waals surface area contributed by atoms with Crippen molar-refractivity contribution in [1.29, 1.82) is 0 Å². The summed E-state index contributed by atoms with van der Waals surface area (Å²) in [6.07, 6.45) is 4.50. The predicted octanol–water partition coefficient (Wildman–Crippen LogP) is 4.30. The highest BCUT2D eigenvalue weighted by Crippen LogP contribution is 2.15. The lowest BCUT2D eigenvalue weighted by Gasteiger charge is -2.10. The molecule has 0 fully saturated rings. The summed E-state index contributed by atoms with van der Waals surface area (Å²) in [5, 5.41) is 3.53. The Bertz CT molecular complexity index is 983. The first-order valence-electron chi connectivity index (χ1n) is 9.39. The number of aromatic nitrogens is 1. The van der Waals surface area contributed by atoms with E-state index in [0.29, 0.717) is 23.7 Å². The SMILES string of the molecule is O=C(NCCCCc1ccccc1)c1ccc(=O)n(Cc2ccccc2Cl)c1. The minimum absolute atomic E-state index is 0.167. The van der Waals surface area contributed by atoms with E-state index < -0.39 is 0 Å². The molecule has 5 heteroatoms. The van der Waals surface area contributed by atoms with Crippen molar-refractivity contribution < 1.29 is 4.79 Å². The summed E-state index contributed by atoms with van der Waals surface area (Å²) in [5.74, 6) is -0.174. The van der Waals surface area contributed by atoms with Crippen LogP contribution in [0.2, 0.25) is 5.02 Å². The molecule has 1 aromatic heterocycles. The van der Waals surface area contributed by atoms with Crippen LogP contribution in [-0.4, -0.2) is 17.0 Å². The van der Waals surface area contributed by atoms with E-state index in [1.807, 2.05) is 36.4 Å². The molecule has 0 unspecified atom stereocenters. The van der Waals surface area contributed by atoms with Crippen LogP contribution in [0.3, 0.4) is 0 Å². The van der Waals surface area contributed by atoms with Crippen molar-refractivity contribution in [2.75, 3.05) is 6.54 Å². The summed E-state index contributed by atoms with van der Waals surface area (Å²) < 4.78 is 1.51. The Labute approximate surface area is 169 Å². The highest BCUT2D eigenvalue weighted by molar-refractivity contribution is 6.31. The minimum Gasteiger partial charge on any atom is -0.352 e. The van der Waals surface area contributed by atoms with Gasteiger partial charge >= 0.3 is 0 Å². The Morgan fingerprint density at radius 3 is 2.46 bits per heavy atom. The summed E-state index contributed by atoms with van der Waals surface area (Å²) in [5.41, 5.74) is 2.44. The maximum Gasteiger partial charge on any atom is 0.252 e. The number of nitrogens with zero attached hydrogens (tertiary/aromatic N) is 1. The average Bonchev–Trinajstić information content (AvgIpc) is 2.71. The first-order chi connectivity index (χ1) is 13.6. The lowest BCUT2D eigenvalue weighted by atomic mass is 10.1. The number of nitrogens with one attached hydrogen (secondary N) is 1. The first-order valence-corrected chi connectivity index (χ1v) is 9.77. The number of carbonyl (C=O) groups is 1. The normalized spacial score (nSPS) is 10.6. The molecule has 3 aromatic rings. The van der Waals surface area contributed by atoms with Gasteiger partial charge in [-0.15, -0.1) is 0 Å². The molecule has 3 rings (SSSR count). The summed E-state index contributed by atoms with van der Waals surface area (Å²) in [4.78, 5) is 24.5. The van der Waals surface area contributed by atoms with Crippen molar-refractivity contribution in [3.63, 3.8) is 0 Å². The standard InChI is InChI=1S/C23H23ClN2O2/c24-21-12-5-4-11-19(21)16-26-17-20(13-14-22(26)27)23(28)25-15-7-6-10-18-8-2-1-3-9-18/h1-5,8-9,11-14,17H,6-7,10,15-16H2,(H,25,28). The molecule has 0 saturated heterocycles. The van der Waals surface area contributed by atoms with Gasteiger partial charge < -0.3 is 9.88 Å². The van der Waals surface area contributed by atoms with Crippen LogP contribution in [0.5, 0.6) is 0 Å². The second kappa shape index (κ2) is 9.90. The fourth-order valence-electron chi connectivity index (χ4n) is 3.00. The summed E-state index contributed by atoms with van der Waals surface area (Å²) >= 11 is 6.18. The van der Waals surface area contributed by atoms with E-state index in [0.717, 1.165) is 24.8 Å². The van der Waals surface area contributed by atoms with Crippen LogP contribution in [0, 0.1) is 0 Å². The molecule has 144 valence electrons. The molecule has 4 nitrogen and oxygen atoms in total. The number of hydrogen-bond donors (Lipinski definition) is 1. The number of unbranched alkanes of at least 4 members (excludes halogenated alkanes) is 1. The van der Waals surface area contributed by atoms with Gasteiger partial charge in [-0.3, -0.25) is 9.59 Å². The smallest absolute Gasteiger partial charge is 0.252 e. The Balaban J connectivity index is 1.54. The predicted molar refractivity (Wildman–Crippen MR) is 113 cm³/mol. The van der Waals surface area contributed by atoms with Crippen LogP contribution in [0.25, 0.3) is 0 Å². The lowest BCUT2D eigenvalue weighted by molar-refractivity contribution is 0.0952. The number of aryl methyl sites for hydroxylation is 1. The highest BCUT2D eigenvalue weighted by atomic mass is 35.5. The molecule has 0 saturated carbocycles. The molecule has 0 aliphatic heterocycles. The zero-order valence-corrected chi connectivity index (χ0v) is 16.4. The molecule has 0 bridgehead atoms. The molecular formula is C23H23ClN2O2. The van der Waals surface area contributed by atoms with Crippen molar-refractivity contribution in [2.24, 2.45) is 0 Å². The van der Waals surface area contributed by atoms with Gasteiger partial charge in [-0.2, -0.15) is 0 Å². The van der Waals surface area contributed by atoms with Crippen LogP contribution >= 0.6 is 11.6 Å². The van der Waals surface area contributed by atoms with Crippen molar-refractivity contribution in [3.8, 4) is 0 Å². The van der Waals surface area contributed by atoms with E-state index in [2.05, 4.69) is 17.4 Å². The van der Waals surface area contributed by atoms with Crippen LogP contribution in [0.1, 0.15) is 34.3 Å². The summed E-state index contributed by atoms with van der Waals surface area (Å²) in [6, 6.07) is 20.7. The van der Waals surface area contributed by atoms with Gasteiger partial charge in [0.15, 0.2) is 0 Å². The number of hydrogen-bond acceptors (Lipinski definition) is 2. The third kappa shape index (κ3) is 5.57. The van der Waals surface area contributed by atoms with E-state index in [1.165, 1.54) is 16.2 Å². The van der Waals surface area contributed by atoms with Crippen molar-refractivity contribution >= 4 is 17.5 Å². The second-order valence-electron chi connectivity index (χ2n) is 6.67. The van der Waals surface area contributed by atoms with E-state index in [9.17, 15) is 9.59 Å². The first kappa shape index (κ1) is 19.9. The quantitative estimate of drug-likeness (QED) is 0.579. The maximum absolute atomic E-state index is 12.4. The van der Waals surface area contributed by atoms with Gasteiger partial charge in [0, 0.05) is 23.8 Å². The topological polar surface area (TPSA) is 51.1 Å². The summed E-state index contributed by atoms with van der Waals surface area (Å²) in [6.45, 7) is 0.937. The van der Waals surface area contributed by atoms with Crippen LogP contribution in [-0.2, 0) is 13.0 Å². The van der Waals surface area contributed by atoms with E-state index in [4.69, 9.17) is 11.6 Å². The number of carbonyl (C=O) groups excluding carboxylic acids is 1. The fourth-order valence-corrected chi connectivity index (χ4v) is 3.20. The second-order valence-corrected chi connectivity index (χ2v) is 7.08. The zero-order valence-electron chi connectivity index (χ0n) is 15.6. The van der Waals surface area contributed by atoms with E-state index >= 15 is 0 Å². The van der Waals surface area contributed by atoms with Crippen LogP contribution in [0.15, 0.2) is 77.7 Å².